The summed E-state index contributed by atoms with van der Waals surface area (Å²) < 4.78 is 2.85. The molecule has 2 rings (SSSR count). The predicted octanol–water partition coefficient (Wildman–Crippen LogP) is 1.51. The van der Waals surface area contributed by atoms with Crippen LogP contribution in [0.3, 0.4) is 0 Å². The van der Waals surface area contributed by atoms with E-state index in [-0.39, 0.29) is 0 Å². The first-order valence-electron chi connectivity index (χ1n) is 4.14. The summed E-state index contributed by atoms with van der Waals surface area (Å²) in [6.07, 6.45) is 3.51. The highest BCUT2D eigenvalue weighted by atomic mass is 127. The molecule has 0 bridgehead atoms. The van der Waals surface area contributed by atoms with Crippen LogP contribution in [0.15, 0.2) is 30.6 Å². The molecule has 0 saturated heterocycles. The maximum atomic E-state index is 5.72. The quantitative estimate of drug-likeness (QED) is 0.675. The summed E-state index contributed by atoms with van der Waals surface area (Å²) >= 11 is 2.22. The Morgan fingerprint density at radius 1 is 1.43 bits per heavy atom. The molecule has 2 aromatic rings. The highest BCUT2D eigenvalue weighted by Gasteiger charge is 1.99. The van der Waals surface area contributed by atoms with Crippen LogP contribution >= 0.6 is 22.6 Å². The number of aromatic nitrogens is 3. The number of hydrogen-bond donors (Lipinski definition) is 1. The van der Waals surface area contributed by atoms with Gasteiger partial charge in [0.05, 0.1) is 12.7 Å². The highest BCUT2D eigenvalue weighted by molar-refractivity contribution is 14.1. The summed E-state index contributed by atoms with van der Waals surface area (Å²) in [4.78, 5) is 0. The maximum Gasteiger partial charge on any atom is 0.0693 e. The molecule has 1 aromatic heterocycles. The van der Waals surface area contributed by atoms with Crippen molar-refractivity contribution in [3.05, 3.63) is 39.7 Å². The molecular formula is C9H9IN4. The molecule has 0 aliphatic rings. The molecule has 0 radical (unpaired) electrons. The third-order valence-corrected chi connectivity index (χ3v) is 2.82. The van der Waals surface area contributed by atoms with E-state index in [4.69, 9.17) is 5.73 Å². The van der Waals surface area contributed by atoms with E-state index in [1.807, 2.05) is 18.3 Å². The Hall–Kier alpha value is -1.11. The van der Waals surface area contributed by atoms with Gasteiger partial charge in [0.2, 0.25) is 0 Å². The maximum absolute atomic E-state index is 5.72. The van der Waals surface area contributed by atoms with Crippen LogP contribution in [0.4, 0.5) is 5.69 Å². The molecule has 0 fully saturated rings. The van der Waals surface area contributed by atoms with Gasteiger partial charge in [0.1, 0.15) is 0 Å². The van der Waals surface area contributed by atoms with Crippen LogP contribution in [0.2, 0.25) is 0 Å². The molecule has 14 heavy (non-hydrogen) atoms. The molecule has 1 heterocycles. The number of nitrogen functional groups attached to an aromatic ring is 1. The number of anilines is 1. The Labute approximate surface area is 95.3 Å². The lowest BCUT2D eigenvalue weighted by Crippen LogP contribution is -2.01. The molecular weight excluding hydrogens is 291 g/mol. The fourth-order valence-corrected chi connectivity index (χ4v) is 1.75. The Kier molecular flexibility index (Phi) is 2.67. The van der Waals surface area contributed by atoms with Crippen molar-refractivity contribution < 1.29 is 0 Å². The van der Waals surface area contributed by atoms with Crippen LogP contribution in [0.5, 0.6) is 0 Å². The molecule has 1 aromatic carbocycles. The van der Waals surface area contributed by atoms with Gasteiger partial charge in [0, 0.05) is 15.5 Å². The molecule has 5 heteroatoms. The molecule has 0 atom stereocenters. The minimum atomic E-state index is 0.732. The molecule has 0 unspecified atom stereocenters. The van der Waals surface area contributed by atoms with Crippen LogP contribution in [0.1, 0.15) is 5.56 Å². The van der Waals surface area contributed by atoms with Gasteiger partial charge in [-0.15, -0.1) is 5.10 Å². The lowest BCUT2D eigenvalue weighted by atomic mass is 10.2. The van der Waals surface area contributed by atoms with Gasteiger partial charge in [0.25, 0.3) is 0 Å². The van der Waals surface area contributed by atoms with E-state index in [1.54, 1.807) is 10.9 Å². The third kappa shape index (κ3) is 2.03. The average molecular weight is 300 g/mol. The Morgan fingerprint density at radius 2 is 2.29 bits per heavy atom. The minimum Gasteiger partial charge on any atom is -0.398 e. The van der Waals surface area contributed by atoms with Crippen molar-refractivity contribution in [3.63, 3.8) is 0 Å². The van der Waals surface area contributed by atoms with Gasteiger partial charge >= 0.3 is 0 Å². The van der Waals surface area contributed by atoms with E-state index in [1.165, 1.54) is 5.56 Å². The SMILES string of the molecule is Nc1ccc(Cn2ccnn2)cc1I. The van der Waals surface area contributed by atoms with Gasteiger partial charge in [-0.2, -0.15) is 0 Å². The van der Waals surface area contributed by atoms with E-state index in [2.05, 4.69) is 39.0 Å². The predicted molar refractivity (Wildman–Crippen MR) is 62.7 cm³/mol. The van der Waals surface area contributed by atoms with E-state index < -0.39 is 0 Å². The third-order valence-electron chi connectivity index (χ3n) is 1.88. The zero-order valence-electron chi connectivity index (χ0n) is 7.39. The first kappa shape index (κ1) is 9.45. The second-order valence-corrected chi connectivity index (χ2v) is 4.12. The van der Waals surface area contributed by atoms with E-state index in [0.29, 0.717) is 0 Å². The van der Waals surface area contributed by atoms with Crippen molar-refractivity contribution >= 4 is 28.3 Å². The van der Waals surface area contributed by atoms with Crippen molar-refractivity contribution in [1.29, 1.82) is 0 Å². The molecule has 0 saturated carbocycles. The number of nitrogens with zero attached hydrogens (tertiary/aromatic N) is 3. The number of nitrogens with two attached hydrogens (primary N) is 1. The summed E-state index contributed by atoms with van der Waals surface area (Å²) in [6.45, 7) is 0.732. The van der Waals surface area contributed by atoms with Crippen LogP contribution in [0, 0.1) is 3.57 Å². The lowest BCUT2D eigenvalue weighted by molar-refractivity contribution is 0.649. The molecule has 72 valence electrons. The van der Waals surface area contributed by atoms with Crippen molar-refractivity contribution in [2.24, 2.45) is 0 Å². The Bertz CT molecular complexity index is 424. The van der Waals surface area contributed by atoms with Crippen molar-refractivity contribution in [2.45, 2.75) is 6.54 Å². The van der Waals surface area contributed by atoms with Crippen molar-refractivity contribution in [1.82, 2.24) is 15.0 Å². The second-order valence-electron chi connectivity index (χ2n) is 2.96. The van der Waals surface area contributed by atoms with Crippen LogP contribution in [0.25, 0.3) is 0 Å². The summed E-state index contributed by atoms with van der Waals surface area (Å²) in [6, 6.07) is 5.96. The first-order chi connectivity index (χ1) is 6.75. The van der Waals surface area contributed by atoms with Gasteiger partial charge in [-0.05, 0) is 40.3 Å². The molecule has 0 aliphatic carbocycles. The molecule has 0 aliphatic heterocycles. The highest BCUT2D eigenvalue weighted by Crippen LogP contribution is 2.16. The summed E-state index contributed by atoms with van der Waals surface area (Å²) in [5, 5.41) is 7.64. The van der Waals surface area contributed by atoms with Gasteiger partial charge in [-0.25, -0.2) is 4.68 Å². The summed E-state index contributed by atoms with van der Waals surface area (Å²) in [7, 11) is 0. The van der Waals surface area contributed by atoms with Crippen LogP contribution in [-0.2, 0) is 6.54 Å². The van der Waals surface area contributed by atoms with E-state index in [0.717, 1.165) is 15.8 Å². The second kappa shape index (κ2) is 3.95. The molecule has 4 nitrogen and oxygen atoms in total. The fraction of sp³-hybridized carbons (Fsp3) is 0.111. The lowest BCUT2D eigenvalue weighted by Gasteiger charge is -2.03. The first-order valence-corrected chi connectivity index (χ1v) is 5.21. The van der Waals surface area contributed by atoms with Gasteiger partial charge in [-0.3, -0.25) is 0 Å². The fourth-order valence-electron chi connectivity index (χ4n) is 1.17. The largest absolute Gasteiger partial charge is 0.398 e. The minimum absolute atomic E-state index is 0.732. The van der Waals surface area contributed by atoms with Crippen molar-refractivity contribution in [3.8, 4) is 0 Å². The number of halogens is 1. The number of benzene rings is 1. The van der Waals surface area contributed by atoms with Crippen LogP contribution < -0.4 is 5.73 Å². The van der Waals surface area contributed by atoms with Gasteiger partial charge in [-0.1, -0.05) is 11.3 Å². The topological polar surface area (TPSA) is 56.7 Å². The molecule has 0 spiro atoms. The van der Waals surface area contributed by atoms with Crippen LogP contribution in [-0.4, -0.2) is 15.0 Å². The monoisotopic (exact) mass is 300 g/mol. The summed E-state index contributed by atoms with van der Waals surface area (Å²) in [5.41, 5.74) is 7.71. The van der Waals surface area contributed by atoms with E-state index in [9.17, 15) is 0 Å². The zero-order chi connectivity index (χ0) is 9.97. The normalized spacial score (nSPS) is 10.4. The van der Waals surface area contributed by atoms with Gasteiger partial charge in [0.15, 0.2) is 0 Å². The van der Waals surface area contributed by atoms with E-state index >= 15 is 0 Å². The average Bonchev–Trinajstić information content (AvgIpc) is 2.64. The summed E-state index contributed by atoms with van der Waals surface area (Å²) in [5.74, 6) is 0. The molecule has 0 amide bonds. The number of hydrogen-bond acceptors (Lipinski definition) is 3. The van der Waals surface area contributed by atoms with Crippen molar-refractivity contribution in [2.75, 3.05) is 5.73 Å². The smallest absolute Gasteiger partial charge is 0.0693 e. The Morgan fingerprint density at radius 3 is 2.93 bits per heavy atom. The zero-order valence-corrected chi connectivity index (χ0v) is 9.55. The number of rotatable bonds is 2. The Balaban J connectivity index is 2.22. The standard InChI is InChI=1S/C9H9IN4/c10-8-5-7(1-2-9(8)11)6-14-4-3-12-13-14/h1-5H,6,11H2. The molecule has 2 N–H and O–H groups in total. The van der Waals surface area contributed by atoms with Gasteiger partial charge < -0.3 is 5.73 Å².